The molecule has 24 heavy (non-hydrogen) atoms. The molecule has 0 aliphatic carbocycles. The minimum absolute atomic E-state index is 0. The molecule has 0 heterocycles. The lowest BCUT2D eigenvalue weighted by Gasteiger charge is -2.11. The van der Waals surface area contributed by atoms with Crippen molar-refractivity contribution in [2.24, 2.45) is 0 Å². The minimum atomic E-state index is 0. The fourth-order valence-electron chi connectivity index (χ4n) is 2.25. The van der Waals surface area contributed by atoms with Crippen molar-refractivity contribution in [1.29, 1.82) is 0 Å². The second kappa shape index (κ2) is 9.83. The van der Waals surface area contributed by atoms with Crippen LogP contribution in [-0.2, 0) is 11.2 Å². The van der Waals surface area contributed by atoms with Gasteiger partial charge in [-0.25, -0.2) is 0 Å². The Bertz CT molecular complexity index is 657. The van der Waals surface area contributed by atoms with Crippen LogP contribution in [0.1, 0.15) is 23.1 Å². The molecule has 1 amide bonds. The number of nitrogen functional groups attached to an aromatic ring is 1. The number of amides is 1. The summed E-state index contributed by atoms with van der Waals surface area (Å²) in [5, 5.41) is 2.91. The van der Waals surface area contributed by atoms with Crippen LogP contribution in [-0.4, -0.2) is 19.1 Å². The summed E-state index contributed by atoms with van der Waals surface area (Å²) in [5.41, 5.74) is 9.86. The molecule has 0 fully saturated rings. The predicted molar refractivity (Wildman–Crippen MR) is 101 cm³/mol. The first-order valence-corrected chi connectivity index (χ1v) is 7.86. The number of ether oxygens (including phenoxy) is 1. The van der Waals surface area contributed by atoms with Gasteiger partial charge in [0.05, 0.1) is 13.0 Å². The number of nitrogens with one attached hydrogen (secondary N) is 1. The average molecular weight is 349 g/mol. The molecule has 0 radical (unpaired) electrons. The summed E-state index contributed by atoms with van der Waals surface area (Å²) >= 11 is 0. The number of hydrogen-bond donors (Lipinski definition) is 2. The molecule has 0 aromatic heterocycles. The number of nitrogens with two attached hydrogens (primary N) is 1. The zero-order valence-electron chi connectivity index (χ0n) is 14.2. The van der Waals surface area contributed by atoms with E-state index in [0.29, 0.717) is 19.6 Å². The van der Waals surface area contributed by atoms with E-state index < -0.39 is 0 Å². The standard InChI is InChI=1S/C19H24N2O2.ClH/c1-14-4-3-5-18(15(14)2)23-13-11-19(22)21-12-10-16-6-8-17(20)9-7-16;/h3-9H,10-13,20H2,1-2H3,(H,21,22);1H. The Morgan fingerprint density at radius 1 is 1.12 bits per heavy atom. The van der Waals surface area contributed by atoms with Crippen LogP contribution in [0.15, 0.2) is 42.5 Å². The molecule has 3 N–H and O–H groups in total. The molecular weight excluding hydrogens is 324 g/mol. The summed E-state index contributed by atoms with van der Waals surface area (Å²) in [7, 11) is 0. The lowest BCUT2D eigenvalue weighted by molar-refractivity contribution is -0.121. The number of benzene rings is 2. The third-order valence-electron chi connectivity index (χ3n) is 3.86. The van der Waals surface area contributed by atoms with Gasteiger partial charge in [-0.1, -0.05) is 24.3 Å². The lowest BCUT2D eigenvalue weighted by Crippen LogP contribution is -2.27. The molecule has 2 aromatic rings. The first-order valence-electron chi connectivity index (χ1n) is 7.86. The molecule has 2 aromatic carbocycles. The highest BCUT2D eigenvalue weighted by molar-refractivity contribution is 5.85. The fraction of sp³-hybridized carbons (Fsp3) is 0.316. The number of hydrogen-bond acceptors (Lipinski definition) is 3. The number of carbonyl (C=O) groups excluding carboxylic acids is 1. The van der Waals surface area contributed by atoms with Gasteiger partial charge in [0.1, 0.15) is 5.75 Å². The highest BCUT2D eigenvalue weighted by Gasteiger charge is 2.04. The summed E-state index contributed by atoms with van der Waals surface area (Å²) in [6.45, 7) is 5.08. The minimum Gasteiger partial charge on any atom is -0.493 e. The second-order valence-corrected chi connectivity index (χ2v) is 5.64. The summed E-state index contributed by atoms with van der Waals surface area (Å²) in [6.07, 6.45) is 1.15. The van der Waals surface area contributed by atoms with Gasteiger partial charge in [-0.2, -0.15) is 0 Å². The van der Waals surface area contributed by atoms with E-state index in [4.69, 9.17) is 10.5 Å². The third kappa shape index (κ3) is 6.13. The lowest BCUT2D eigenvalue weighted by atomic mass is 10.1. The van der Waals surface area contributed by atoms with Crippen LogP contribution in [0, 0.1) is 13.8 Å². The van der Waals surface area contributed by atoms with Crippen LogP contribution >= 0.6 is 12.4 Å². The summed E-state index contributed by atoms with van der Waals surface area (Å²) < 4.78 is 5.69. The largest absolute Gasteiger partial charge is 0.493 e. The van der Waals surface area contributed by atoms with E-state index in [-0.39, 0.29) is 18.3 Å². The van der Waals surface area contributed by atoms with Gasteiger partial charge in [0.15, 0.2) is 0 Å². The monoisotopic (exact) mass is 348 g/mol. The topological polar surface area (TPSA) is 64.3 Å². The maximum atomic E-state index is 11.8. The third-order valence-corrected chi connectivity index (χ3v) is 3.86. The fourth-order valence-corrected chi connectivity index (χ4v) is 2.25. The number of aryl methyl sites for hydroxylation is 1. The van der Waals surface area contributed by atoms with Gasteiger partial charge in [0.2, 0.25) is 5.91 Å². The van der Waals surface area contributed by atoms with Crippen LogP contribution < -0.4 is 15.8 Å². The number of carbonyl (C=O) groups is 1. The highest BCUT2D eigenvalue weighted by Crippen LogP contribution is 2.20. The molecule has 0 atom stereocenters. The van der Waals surface area contributed by atoms with Gasteiger partial charge in [-0.05, 0) is 55.2 Å². The SMILES string of the molecule is Cc1cccc(OCCC(=O)NCCc2ccc(N)cc2)c1C.Cl. The molecule has 0 bridgehead atoms. The Morgan fingerprint density at radius 3 is 2.54 bits per heavy atom. The van der Waals surface area contributed by atoms with Gasteiger partial charge in [-0.3, -0.25) is 4.79 Å². The van der Waals surface area contributed by atoms with Gasteiger partial charge < -0.3 is 15.8 Å². The van der Waals surface area contributed by atoms with Crippen molar-refractivity contribution in [3.8, 4) is 5.75 Å². The summed E-state index contributed by atoms with van der Waals surface area (Å²) in [6, 6.07) is 13.6. The summed E-state index contributed by atoms with van der Waals surface area (Å²) in [4.78, 5) is 11.8. The highest BCUT2D eigenvalue weighted by atomic mass is 35.5. The quantitative estimate of drug-likeness (QED) is 0.753. The molecule has 2 rings (SSSR count). The van der Waals surface area contributed by atoms with Crippen LogP contribution in [0.5, 0.6) is 5.75 Å². The number of anilines is 1. The molecule has 0 aliphatic heterocycles. The van der Waals surface area contributed by atoms with Crippen LogP contribution in [0.3, 0.4) is 0 Å². The Kier molecular flexibility index (Phi) is 8.13. The van der Waals surface area contributed by atoms with Gasteiger partial charge in [0, 0.05) is 12.2 Å². The van der Waals surface area contributed by atoms with E-state index >= 15 is 0 Å². The maximum absolute atomic E-state index is 11.8. The van der Waals surface area contributed by atoms with Crippen molar-refractivity contribution in [3.05, 3.63) is 59.2 Å². The molecule has 0 spiro atoms. The zero-order chi connectivity index (χ0) is 16.7. The first kappa shape index (κ1) is 19.8. The molecule has 130 valence electrons. The molecule has 0 aliphatic rings. The van der Waals surface area contributed by atoms with E-state index in [1.807, 2.05) is 56.3 Å². The van der Waals surface area contributed by atoms with Crippen molar-refractivity contribution < 1.29 is 9.53 Å². The second-order valence-electron chi connectivity index (χ2n) is 5.64. The van der Waals surface area contributed by atoms with Crippen LogP contribution in [0.2, 0.25) is 0 Å². The van der Waals surface area contributed by atoms with E-state index in [2.05, 4.69) is 5.32 Å². The molecule has 5 heteroatoms. The van der Waals surface area contributed by atoms with Crippen LogP contribution in [0.25, 0.3) is 0 Å². The molecule has 0 saturated heterocycles. The van der Waals surface area contributed by atoms with Crippen molar-refractivity contribution in [3.63, 3.8) is 0 Å². The normalized spacial score (nSPS) is 9.92. The first-order chi connectivity index (χ1) is 11.1. The Hall–Kier alpha value is -2.20. The Morgan fingerprint density at radius 2 is 1.83 bits per heavy atom. The zero-order valence-corrected chi connectivity index (χ0v) is 15.0. The molecule has 4 nitrogen and oxygen atoms in total. The smallest absolute Gasteiger partial charge is 0.223 e. The average Bonchev–Trinajstić information content (AvgIpc) is 2.53. The van der Waals surface area contributed by atoms with E-state index in [0.717, 1.165) is 29.0 Å². The van der Waals surface area contributed by atoms with Crippen molar-refractivity contribution in [1.82, 2.24) is 5.32 Å². The molecule has 0 unspecified atom stereocenters. The maximum Gasteiger partial charge on any atom is 0.223 e. The van der Waals surface area contributed by atoms with E-state index in [1.54, 1.807) is 0 Å². The summed E-state index contributed by atoms with van der Waals surface area (Å²) in [5.74, 6) is 0.852. The van der Waals surface area contributed by atoms with Gasteiger partial charge >= 0.3 is 0 Å². The molecular formula is C19H25ClN2O2. The van der Waals surface area contributed by atoms with Crippen molar-refractivity contribution >= 4 is 24.0 Å². The van der Waals surface area contributed by atoms with Crippen LogP contribution in [0.4, 0.5) is 5.69 Å². The van der Waals surface area contributed by atoms with Crippen molar-refractivity contribution in [2.45, 2.75) is 26.7 Å². The molecule has 0 saturated carbocycles. The van der Waals surface area contributed by atoms with Crippen molar-refractivity contribution in [2.75, 3.05) is 18.9 Å². The van der Waals surface area contributed by atoms with Gasteiger partial charge in [-0.15, -0.1) is 12.4 Å². The Balaban J connectivity index is 0.00000288. The van der Waals surface area contributed by atoms with E-state index in [1.165, 1.54) is 5.56 Å². The number of halogens is 1. The predicted octanol–water partition coefficient (Wildman–Crippen LogP) is 3.44. The Labute approximate surface area is 149 Å². The van der Waals surface area contributed by atoms with E-state index in [9.17, 15) is 4.79 Å². The van der Waals surface area contributed by atoms with Gasteiger partial charge in [0.25, 0.3) is 0 Å². The number of rotatable bonds is 7.